The highest BCUT2D eigenvalue weighted by Crippen LogP contribution is 2.33. The number of pyridine rings is 1. The summed E-state index contributed by atoms with van der Waals surface area (Å²) < 4.78 is 40.5. The third-order valence-corrected chi connectivity index (χ3v) is 4.96. The Hall–Kier alpha value is -4.27. The average Bonchev–Trinajstić information content (AvgIpc) is 2.80. The van der Waals surface area contributed by atoms with Crippen LogP contribution in [0.4, 0.5) is 24.7 Å². The predicted octanol–water partition coefficient (Wildman–Crippen LogP) is 5.38. The summed E-state index contributed by atoms with van der Waals surface area (Å²) in [5, 5.41) is 2.97. The Balaban J connectivity index is 1.78. The van der Waals surface area contributed by atoms with Gasteiger partial charge in [0.05, 0.1) is 0 Å². The third kappa shape index (κ3) is 4.82. The van der Waals surface area contributed by atoms with E-state index in [0.29, 0.717) is 27.9 Å². The monoisotopic (exact) mass is 449 g/mol. The fourth-order valence-corrected chi connectivity index (χ4v) is 3.30. The molecular weight excluding hydrogens is 431 g/mol. The van der Waals surface area contributed by atoms with Gasteiger partial charge >= 0.3 is 6.18 Å². The first kappa shape index (κ1) is 21.9. The van der Waals surface area contributed by atoms with E-state index in [-0.39, 0.29) is 11.6 Å². The molecule has 3 N–H and O–H groups in total. The topological polar surface area (TPSA) is 93.8 Å². The zero-order chi connectivity index (χ0) is 23.6. The number of hydrogen-bond acceptors (Lipinski definition) is 5. The number of halogens is 3. The van der Waals surface area contributed by atoms with E-state index < -0.39 is 17.8 Å². The van der Waals surface area contributed by atoms with Crippen molar-refractivity contribution in [2.45, 2.75) is 13.1 Å². The molecule has 0 radical (unpaired) electrons. The van der Waals surface area contributed by atoms with Crippen LogP contribution in [0.3, 0.4) is 0 Å². The highest BCUT2D eigenvalue weighted by molar-refractivity contribution is 6.00. The lowest BCUT2D eigenvalue weighted by molar-refractivity contribution is -0.141. The lowest BCUT2D eigenvalue weighted by Gasteiger charge is -2.15. The minimum absolute atomic E-state index is 0.0208. The molecule has 0 unspecified atom stereocenters. The van der Waals surface area contributed by atoms with Crippen molar-refractivity contribution in [1.82, 2.24) is 15.0 Å². The van der Waals surface area contributed by atoms with Crippen molar-refractivity contribution in [3.63, 3.8) is 0 Å². The normalized spacial score (nSPS) is 11.3. The largest absolute Gasteiger partial charge is 0.433 e. The molecule has 0 atom stereocenters. The first-order valence-corrected chi connectivity index (χ1v) is 9.86. The molecule has 0 fully saturated rings. The van der Waals surface area contributed by atoms with E-state index in [1.54, 1.807) is 36.4 Å². The molecule has 0 bridgehead atoms. The van der Waals surface area contributed by atoms with Crippen LogP contribution >= 0.6 is 0 Å². The van der Waals surface area contributed by atoms with E-state index >= 15 is 0 Å². The van der Waals surface area contributed by atoms with Gasteiger partial charge in [-0.3, -0.25) is 9.78 Å². The quantitative estimate of drug-likeness (QED) is 0.427. The van der Waals surface area contributed by atoms with Crippen molar-refractivity contribution in [2.75, 3.05) is 5.32 Å². The van der Waals surface area contributed by atoms with Gasteiger partial charge in [0.1, 0.15) is 5.82 Å². The molecule has 0 saturated carbocycles. The van der Waals surface area contributed by atoms with Gasteiger partial charge in [0.2, 0.25) is 5.91 Å². The molecule has 2 aromatic carbocycles. The molecule has 0 aliphatic rings. The molecule has 4 aromatic rings. The molecule has 1 amide bonds. The molecule has 0 saturated heterocycles. The Morgan fingerprint density at radius 2 is 1.67 bits per heavy atom. The van der Waals surface area contributed by atoms with Crippen LogP contribution in [0.15, 0.2) is 73.1 Å². The number of alkyl halides is 3. The van der Waals surface area contributed by atoms with Crippen LogP contribution < -0.4 is 11.1 Å². The number of amides is 1. The number of anilines is 2. The van der Waals surface area contributed by atoms with Crippen LogP contribution in [0.2, 0.25) is 0 Å². The van der Waals surface area contributed by atoms with E-state index in [4.69, 9.17) is 5.73 Å². The lowest BCUT2D eigenvalue weighted by Crippen LogP contribution is -2.12. The number of nitrogens with zero attached hydrogens (tertiary/aromatic N) is 3. The predicted molar refractivity (Wildman–Crippen MR) is 119 cm³/mol. The zero-order valence-electron chi connectivity index (χ0n) is 17.4. The first-order valence-electron chi connectivity index (χ1n) is 9.86. The van der Waals surface area contributed by atoms with Crippen LogP contribution in [-0.4, -0.2) is 20.9 Å². The summed E-state index contributed by atoms with van der Waals surface area (Å²) in [6.07, 6.45) is -1.75. The number of hydrogen-bond donors (Lipinski definition) is 2. The number of benzene rings is 2. The number of aromatic nitrogens is 3. The SMILES string of the molecule is Cc1ccc(-c2ccccc2C(N)=O)cc1Nc1cc(C(F)(F)F)nc(-c2ccncc2)n1. The summed E-state index contributed by atoms with van der Waals surface area (Å²) in [7, 11) is 0. The van der Waals surface area contributed by atoms with Crippen molar-refractivity contribution in [3.8, 4) is 22.5 Å². The van der Waals surface area contributed by atoms with Crippen LogP contribution in [0.25, 0.3) is 22.5 Å². The minimum Gasteiger partial charge on any atom is -0.366 e. The smallest absolute Gasteiger partial charge is 0.366 e. The molecule has 2 aromatic heterocycles. The highest BCUT2D eigenvalue weighted by atomic mass is 19.4. The van der Waals surface area contributed by atoms with Crippen LogP contribution in [0.5, 0.6) is 0 Å². The third-order valence-electron chi connectivity index (χ3n) is 4.96. The van der Waals surface area contributed by atoms with Gasteiger partial charge in [0, 0.05) is 35.3 Å². The van der Waals surface area contributed by atoms with Gasteiger partial charge in [-0.25, -0.2) is 9.97 Å². The molecule has 9 heteroatoms. The molecular formula is C24H18F3N5O. The van der Waals surface area contributed by atoms with Crippen LogP contribution in [-0.2, 0) is 6.18 Å². The second-order valence-corrected chi connectivity index (χ2v) is 7.26. The number of nitrogens with two attached hydrogens (primary N) is 1. The van der Waals surface area contributed by atoms with Gasteiger partial charge in [0.25, 0.3) is 0 Å². The zero-order valence-corrected chi connectivity index (χ0v) is 17.4. The molecule has 0 aliphatic heterocycles. The Bertz CT molecular complexity index is 1320. The van der Waals surface area contributed by atoms with Gasteiger partial charge in [0.15, 0.2) is 11.5 Å². The van der Waals surface area contributed by atoms with Gasteiger partial charge in [-0.05, 0) is 47.9 Å². The van der Waals surface area contributed by atoms with Gasteiger partial charge in [-0.2, -0.15) is 13.2 Å². The second-order valence-electron chi connectivity index (χ2n) is 7.26. The fourth-order valence-electron chi connectivity index (χ4n) is 3.30. The number of aryl methyl sites for hydroxylation is 1. The molecule has 0 spiro atoms. The van der Waals surface area contributed by atoms with Crippen molar-refractivity contribution >= 4 is 17.4 Å². The summed E-state index contributed by atoms with van der Waals surface area (Å²) >= 11 is 0. The van der Waals surface area contributed by atoms with E-state index in [1.807, 2.05) is 13.0 Å². The van der Waals surface area contributed by atoms with Gasteiger partial charge in [-0.1, -0.05) is 30.3 Å². The molecule has 4 rings (SSSR count). The lowest BCUT2D eigenvalue weighted by atomic mass is 9.97. The van der Waals surface area contributed by atoms with Crippen molar-refractivity contribution in [1.29, 1.82) is 0 Å². The number of primary amides is 1. The Kier molecular flexibility index (Phi) is 5.78. The minimum atomic E-state index is -4.65. The average molecular weight is 449 g/mol. The fraction of sp³-hybridized carbons (Fsp3) is 0.0833. The summed E-state index contributed by atoms with van der Waals surface area (Å²) in [5.74, 6) is -0.677. The van der Waals surface area contributed by atoms with Crippen molar-refractivity contribution in [2.24, 2.45) is 5.73 Å². The van der Waals surface area contributed by atoms with Crippen LogP contribution in [0.1, 0.15) is 21.6 Å². The second kappa shape index (κ2) is 8.70. The first-order chi connectivity index (χ1) is 15.7. The highest BCUT2D eigenvalue weighted by Gasteiger charge is 2.34. The maximum absolute atomic E-state index is 13.5. The Labute approximate surface area is 187 Å². The number of nitrogens with one attached hydrogen (secondary N) is 1. The van der Waals surface area contributed by atoms with Crippen LogP contribution in [0, 0.1) is 6.92 Å². The summed E-state index contributed by atoms with van der Waals surface area (Å²) in [4.78, 5) is 23.7. The van der Waals surface area contributed by atoms with Crippen molar-refractivity contribution in [3.05, 3.63) is 89.9 Å². The molecule has 0 aliphatic carbocycles. The van der Waals surface area contributed by atoms with E-state index in [9.17, 15) is 18.0 Å². The Morgan fingerprint density at radius 3 is 2.36 bits per heavy atom. The maximum Gasteiger partial charge on any atom is 0.433 e. The van der Waals surface area contributed by atoms with E-state index in [2.05, 4.69) is 20.3 Å². The van der Waals surface area contributed by atoms with E-state index in [1.165, 1.54) is 24.5 Å². The molecule has 33 heavy (non-hydrogen) atoms. The van der Waals surface area contributed by atoms with Gasteiger partial charge < -0.3 is 11.1 Å². The van der Waals surface area contributed by atoms with Gasteiger partial charge in [-0.15, -0.1) is 0 Å². The number of carbonyl (C=O) groups excluding carboxylic acids is 1. The standard InChI is InChI=1S/C24H18F3N5O/c1-14-6-7-16(17-4-2-3-5-18(17)22(28)33)12-19(14)30-21-13-20(24(25,26)27)31-23(32-21)15-8-10-29-11-9-15/h2-13H,1H3,(H2,28,33)(H,30,31,32). The molecule has 6 nitrogen and oxygen atoms in total. The summed E-state index contributed by atoms with van der Waals surface area (Å²) in [6.45, 7) is 1.81. The number of carbonyl (C=O) groups is 1. The van der Waals surface area contributed by atoms with Crippen molar-refractivity contribution < 1.29 is 18.0 Å². The summed E-state index contributed by atoms with van der Waals surface area (Å²) in [6, 6.07) is 16.1. The molecule has 166 valence electrons. The Morgan fingerprint density at radius 1 is 0.939 bits per heavy atom. The summed E-state index contributed by atoms with van der Waals surface area (Å²) in [5.41, 5.74) is 7.76. The number of rotatable bonds is 5. The maximum atomic E-state index is 13.5. The molecule has 2 heterocycles. The van der Waals surface area contributed by atoms with E-state index in [0.717, 1.165) is 11.6 Å².